The number of para-hydroxylation sites is 1. The molecule has 2 aromatic carbocycles. The van der Waals surface area contributed by atoms with E-state index in [1.165, 1.54) is 18.2 Å². The number of aryl methyl sites for hydroxylation is 1. The van der Waals surface area contributed by atoms with Crippen molar-refractivity contribution in [1.82, 2.24) is 0 Å². The third-order valence-corrected chi connectivity index (χ3v) is 2.56. The lowest BCUT2D eigenvalue weighted by atomic mass is 10.1. The summed E-state index contributed by atoms with van der Waals surface area (Å²) >= 11 is 0. The van der Waals surface area contributed by atoms with Crippen molar-refractivity contribution in [2.45, 2.75) is 6.92 Å². The molecule has 0 heterocycles. The molecule has 0 aromatic heterocycles. The summed E-state index contributed by atoms with van der Waals surface area (Å²) in [4.78, 5) is 11.9. The molecule has 3 N–H and O–H groups in total. The molecule has 4 nitrogen and oxygen atoms in total. The van der Waals surface area contributed by atoms with Crippen molar-refractivity contribution in [2.75, 3.05) is 5.32 Å². The van der Waals surface area contributed by atoms with Crippen molar-refractivity contribution in [2.24, 2.45) is 0 Å². The van der Waals surface area contributed by atoms with Crippen LogP contribution in [-0.4, -0.2) is 16.1 Å². The highest BCUT2D eigenvalue weighted by atomic mass is 16.3. The van der Waals surface area contributed by atoms with Crippen LogP contribution in [0.3, 0.4) is 0 Å². The van der Waals surface area contributed by atoms with Gasteiger partial charge in [0.05, 0.1) is 0 Å². The number of anilines is 1. The van der Waals surface area contributed by atoms with Gasteiger partial charge < -0.3 is 15.5 Å². The average Bonchev–Trinajstić information content (AvgIpc) is 2.31. The van der Waals surface area contributed by atoms with Crippen molar-refractivity contribution in [3.8, 4) is 11.5 Å². The Labute approximate surface area is 105 Å². The maximum absolute atomic E-state index is 11.9. The number of hydrogen-bond acceptors (Lipinski definition) is 3. The Kier molecular flexibility index (Phi) is 3.19. The van der Waals surface area contributed by atoms with Gasteiger partial charge in [-0.1, -0.05) is 18.2 Å². The van der Waals surface area contributed by atoms with Crippen molar-refractivity contribution >= 4 is 11.6 Å². The number of carbonyl (C=O) groups is 1. The van der Waals surface area contributed by atoms with Gasteiger partial charge in [-0.2, -0.15) is 0 Å². The van der Waals surface area contributed by atoms with E-state index in [0.717, 1.165) is 5.56 Å². The SMILES string of the molecule is Cc1ccccc1NC(=O)c1cc(O)cc(O)c1. The van der Waals surface area contributed by atoms with Gasteiger partial charge in [0.15, 0.2) is 0 Å². The molecule has 18 heavy (non-hydrogen) atoms. The number of rotatable bonds is 2. The topological polar surface area (TPSA) is 69.6 Å². The lowest BCUT2D eigenvalue weighted by molar-refractivity contribution is 0.102. The molecule has 2 rings (SSSR count). The third kappa shape index (κ3) is 2.60. The summed E-state index contributed by atoms with van der Waals surface area (Å²) in [6.45, 7) is 1.88. The van der Waals surface area contributed by atoms with E-state index in [0.29, 0.717) is 5.69 Å². The molecule has 0 spiro atoms. The van der Waals surface area contributed by atoms with Crippen molar-refractivity contribution < 1.29 is 15.0 Å². The van der Waals surface area contributed by atoms with Crippen LogP contribution in [0.2, 0.25) is 0 Å². The maximum Gasteiger partial charge on any atom is 0.255 e. The number of amides is 1. The van der Waals surface area contributed by atoms with E-state index in [1.807, 2.05) is 25.1 Å². The lowest BCUT2D eigenvalue weighted by Crippen LogP contribution is -2.12. The quantitative estimate of drug-likeness (QED) is 0.759. The Bertz CT molecular complexity index is 573. The summed E-state index contributed by atoms with van der Waals surface area (Å²) < 4.78 is 0. The Balaban J connectivity index is 2.25. The molecule has 0 fully saturated rings. The van der Waals surface area contributed by atoms with Crippen LogP contribution in [0.5, 0.6) is 11.5 Å². The standard InChI is InChI=1S/C14H13NO3/c1-9-4-2-3-5-13(9)15-14(18)10-6-11(16)8-12(17)7-10/h2-8,16-17H,1H3,(H,15,18). The van der Waals surface area contributed by atoms with Crippen molar-refractivity contribution in [1.29, 1.82) is 0 Å². The molecule has 0 atom stereocenters. The summed E-state index contributed by atoms with van der Waals surface area (Å²) in [5.74, 6) is -0.676. The minimum absolute atomic E-state index is 0.148. The van der Waals surface area contributed by atoms with Gasteiger partial charge in [-0.15, -0.1) is 0 Å². The van der Waals surface area contributed by atoms with Gasteiger partial charge in [0.1, 0.15) is 11.5 Å². The fraction of sp³-hybridized carbons (Fsp3) is 0.0714. The zero-order chi connectivity index (χ0) is 13.1. The molecule has 0 bridgehead atoms. The van der Waals surface area contributed by atoms with E-state index >= 15 is 0 Å². The van der Waals surface area contributed by atoms with Gasteiger partial charge in [0.2, 0.25) is 0 Å². The second-order valence-corrected chi connectivity index (χ2v) is 4.01. The predicted molar refractivity (Wildman–Crippen MR) is 68.9 cm³/mol. The van der Waals surface area contributed by atoms with Crippen LogP contribution in [-0.2, 0) is 0 Å². The second kappa shape index (κ2) is 4.79. The average molecular weight is 243 g/mol. The fourth-order valence-electron chi connectivity index (χ4n) is 1.63. The first-order valence-corrected chi connectivity index (χ1v) is 5.46. The first kappa shape index (κ1) is 12.0. The van der Waals surface area contributed by atoms with Crippen LogP contribution in [0.15, 0.2) is 42.5 Å². The molecular weight excluding hydrogens is 230 g/mol. The highest BCUT2D eigenvalue weighted by molar-refractivity contribution is 6.05. The third-order valence-electron chi connectivity index (χ3n) is 2.56. The second-order valence-electron chi connectivity index (χ2n) is 4.01. The number of hydrogen-bond donors (Lipinski definition) is 3. The number of aromatic hydroxyl groups is 2. The molecule has 0 aliphatic rings. The highest BCUT2D eigenvalue weighted by Crippen LogP contribution is 2.22. The van der Waals surface area contributed by atoms with Gasteiger partial charge in [-0.25, -0.2) is 0 Å². The van der Waals surface area contributed by atoms with Gasteiger partial charge in [-0.05, 0) is 30.7 Å². The molecule has 0 aliphatic carbocycles. The summed E-state index contributed by atoms with van der Waals surface area (Å²) in [6, 6.07) is 11.1. The molecule has 0 saturated heterocycles. The van der Waals surface area contributed by atoms with Crippen LogP contribution in [0.1, 0.15) is 15.9 Å². The van der Waals surface area contributed by atoms with Gasteiger partial charge in [0, 0.05) is 17.3 Å². The minimum atomic E-state index is -0.379. The summed E-state index contributed by atoms with van der Waals surface area (Å²) in [7, 11) is 0. The molecule has 0 unspecified atom stereocenters. The van der Waals surface area contributed by atoms with E-state index < -0.39 is 0 Å². The van der Waals surface area contributed by atoms with E-state index in [9.17, 15) is 15.0 Å². The number of nitrogens with one attached hydrogen (secondary N) is 1. The highest BCUT2D eigenvalue weighted by Gasteiger charge is 2.09. The minimum Gasteiger partial charge on any atom is -0.508 e. The van der Waals surface area contributed by atoms with E-state index in [2.05, 4.69) is 5.32 Å². The smallest absolute Gasteiger partial charge is 0.255 e. The van der Waals surface area contributed by atoms with E-state index in [-0.39, 0.29) is 23.0 Å². The summed E-state index contributed by atoms with van der Waals surface area (Å²) in [5.41, 5.74) is 1.84. The van der Waals surface area contributed by atoms with Crippen molar-refractivity contribution in [3.63, 3.8) is 0 Å². The molecule has 0 saturated carbocycles. The number of phenolic OH excluding ortho intramolecular Hbond substituents is 2. The van der Waals surface area contributed by atoms with E-state index in [4.69, 9.17) is 0 Å². The molecule has 92 valence electrons. The molecule has 2 aromatic rings. The summed E-state index contributed by atoms with van der Waals surface area (Å²) in [5, 5.41) is 21.4. The fourth-order valence-corrected chi connectivity index (χ4v) is 1.63. The first-order chi connectivity index (χ1) is 8.56. The van der Waals surface area contributed by atoms with Gasteiger partial charge >= 0.3 is 0 Å². The first-order valence-electron chi connectivity index (χ1n) is 5.46. The monoisotopic (exact) mass is 243 g/mol. The molecule has 0 aliphatic heterocycles. The van der Waals surface area contributed by atoms with Crippen LogP contribution >= 0.6 is 0 Å². The Morgan fingerprint density at radius 2 is 1.67 bits per heavy atom. The zero-order valence-corrected chi connectivity index (χ0v) is 9.84. The van der Waals surface area contributed by atoms with Crippen LogP contribution in [0.25, 0.3) is 0 Å². The normalized spacial score (nSPS) is 10.1. The Hall–Kier alpha value is -2.49. The van der Waals surface area contributed by atoms with Crippen molar-refractivity contribution in [3.05, 3.63) is 53.6 Å². The van der Waals surface area contributed by atoms with Crippen LogP contribution in [0.4, 0.5) is 5.69 Å². The zero-order valence-electron chi connectivity index (χ0n) is 9.84. The van der Waals surface area contributed by atoms with Gasteiger partial charge in [0.25, 0.3) is 5.91 Å². The largest absolute Gasteiger partial charge is 0.508 e. The Morgan fingerprint density at radius 3 is 2.28 bits per heavy atom. The number of benzene rings is 2. The number of carbonyl (C=O) groups excluding carboxylic acids is 1. The summed E-state index contributed by atoms with van der Waals surface area (Å²) in [6.07, 6.45) is 0. The predicted octanol–water partition coefficient (Wildman–Crippen LogP) is 2.66. The lowest BCUT2D eigenvalue weighted by Gasteiger charge is -2.08. The molecule has 0 radical (unpaired) electrons. The molecular formula is C14H13NO3. The molecule has 4 heteroatoms. The maximum atomic E-state index is 11.9. The van der Waals surface area contributed by atoms with Gasteiger partial charge in [-0.3, -0.25) is 4.79 Å². The molecule has 1 amide bonds. The van der Waals surface area contributed by atoms with Crippen LogP contribution in [0, 0.1) is 6.92 Å². The Morgan fingerprint density at radius 1 is 1.06 bits per heavy atom. The van der Waals surface area contributed by atoms with E-state index in [1.54, 1.807) is 6.07 Å². The number of phenols is 2. The van der Waals surface area contributed by atoms with Crippen LogP contribution < -0.4 is 5.32 Å².